The third kappa shape index (κ3) is 9.14. The molecule has 4 N–H and O–H groups in total. The number of amides is 1. The molecule has 1 aromatic heterocycles. The van der Waals surface area contributed by atoms with Gasteiger partial charge in [0.15, 0.2) is 11.4 Å². The van der Waals surface area contributed by atoms with Gasteiger partial charge in [0.05, 0.1) is 17.8 Å². The van der Waals surface area contributed by atoms with Crippen molar-refractivity contribution in [3.63, 3.8) is 0 Å². The lowest BCUT2D eigenvalue weighted by atomic mass is 9.81. The average molecular weight is 946 g/mol. The van der Waals surface area contributed by atoms with E-state index in [2.05, 4.69) is 108 Å². The van der Waals surface area contributed by atoms with Crippen LogP contribution >= 0.6 is 11.6 Å². The summed E-state index contributed by atoms with van der Waals surface area (Å²) in [5, 5.41) is 23.0. The molecule has 4 heterocycles. The second-order valence-electron chi connectivity index (χ2n) is 19.1. The highest BCUT2D eigenvalue weighted by atomic mass is 35.5. The molecule has 3 aliphatic heterocycles. The van der Waals surface area contributed by atoms with E-state index in [9.17, 15) is 32.8 Å². The lowest BCUT2D eigenvalue weighted by molar-refractivity contribution is -0.438. The van der Waals surface area contributed by atoms with E-state index in [1.165, 1.54) is 23.4 Å². The number of carbonyl (C=O) groups excluding carboxylic acids is 1. The minimum Gasteiger partial charge on any atom is -0.394 e. The van der Waals surface area contributed by atoms with Crippen LogP contribution < -0.4 is 15.9 Å². The summed E-state index contributed by atoms with van der Waals surface area (Å²) in [6, 6.07) is 17.1. The molecule has 5 unspecified atom stereocenters. The van der Waals surface area contributed by atoms with Crippen molar-refractivity contribution < 1.29 is 41.7 Å². The molecule has 2 aliphatic carbocycles. The summed E-state index contributed by atoms with van der Waals surface area (Å²) >= 11 is 7.25. The largest absolute Gasteiger partial charge is 0.394 e. The maximum atomic E-state index is 15.3. The number of unbranched alkanes of at least 4 members (excludes halogenated alkanes) is 3. The minimum atomic E-state index is -4.02. The van der Waals surface area contributed by atoms with Crippen LogP contribution in [0.5, 0.6) is 0 Å². The molecule has 1 saturated carbocycles. The topological polar surface area (TPSA) is 174 Å². The van der Waals surface area contributed by atoms with E-state index in [-0.39, 0.29) is 34.7 Å². The summed E-state index contributed by atoms with van der Waals surface area (Å²) in [4.78, 5) is 31.9. The quantitative estimate of drug-likeness (QED) is 0.0597. The van der Waals surface area contributed by atoms with Gasteiger partial charge in [-0.3, -0.25) is 13.9 Å². The first kappa shape index (κ1) is 47.7. The lowest BCUT2D eigenvalue weighted by Crippen LogP contribution is -2.39. The number of aromatic nitrogens is 2. The molecule has 5 atom stereocenters. The van der Waals surface area contributed by atoms with Gasteiger partial charge >= 0.3 is 5.69 Å². The maximum absolute atomic E-state index is 15.3. The number of halogens is 2. The van der Waals surface area contributed by atoms with Crippen LogP contribution in [0.25, 0.3) is 0 Å². The number of nitrogens with one attached hydrogen (secondary N) is 1. The predicted molar refractivity (Wildman–Crippen MR) is 254 cm³/mol. The number of aliphatic hydroxyl groups excluding tert-OH is 2. The summed E-state index contributed by atoms with van der Waals surface area (Å²) in [5.41, 5.74) is 5.59. The van der Waals surface area contributed by atoms with Gasteiger partial charge in [0.1, 0.15) is 36.7 Å². The molecule has 0 bridgehead atoms. The molecule has 3 aromatic rings. The monoisotopic (exact) mass is 944 g/mol. The predicted octanol–water partition coefficient (Wildman–Crippen LogP) is 7.71. The van der Waals surface area contributed by atoms with Gasteiger partial charge in [-0.05, 0) is 93.7 Å². The van der Waals surface area contributed by atoms with Crippen LogP contribution in [0.4, 0.5) is 21.6 Å². The number of carbonyl (C=O) groups is 1. The Balaban J connectivity index is 0.922. The standard InChI is InChI=1S/C50H59ClFN5O8S/c1-48(2)34-17-7-9-19-36(34)55(27-11-5-6-21-42(59)53-41-26-29-57(47(61)54-41)44-46-50(44,52)45(60)38(31-58)65-46)39(48)24-22-32-15-14-16-33(43(32)51)23-25-40-49(3,4)35-18-8-10-20-37(35)56(40)28-12-13-30-66(62,63)64/h7-10,17-20,22-26,29,38,44-46,58,60H,5-6,11-16,21,27-28,30-31H2,1-4H3,(H-,53,54,59,61,62,63,64)/p+1. The summed E-state index contributed by atoms with van der Waals surface area (Å²) in [6.45, 7) is 9.71. The van der Waals surface area contributed by atoms with E-state index in [4.69, 9.17) is 16.3 Å². The molecule has 66 heavy (non-hydrogen) atoms. The fourth-order valence-electron chi connectivity index (χ4n) is 10.4. The number of allylic oxidation sites excluding steroid dienone is 8. The Bertz CT molecular complexity index is 2730. The number of anilines is 2. The molecule has 0 radical (unpaired) electrons. The van der Waals surface area contributed by atoms with Crippen molar-refractivity contribution in [3.8, 4) is 0 Å². The van der Waals surface area contributed by atoms with Crippen LogP contribution in [0, 0.1) is 0 Å². The Kier molecular flexibility index (Phi) is 13.5. The van der Waals surface area contributed by atoms with E-state index in [0.29, 0.717) is 25.8 Å². The second kappa shape index (κ2) is 18.7. The third-order valence-corrected chi connectivity index (χ3v) is 15.3. The number of alkyl halides is 1. The number of rotatable bonds is 17. The molecular weight excluding hydrogens is 885 g/mol. The Hall–Kier alpha value is -4.77. The smallest absolute Gasteiger partial charge is 0.349 e. The van der Waals surface area contributed by atoms with Crippen molar-refractivity contribution in [3.05, 3.63) is 129 Å². The molecule has 1 saturated heterocycles. The van der Waals surface area contributed by atoms with Gasteiger partial charge in [-0.2, -0.15) is 18.0 Å². The van der Waals surface area contributed by atoms with Crippen LogP contribution in [0.3, 0.4) is 0 Å². The first-order valence-electron chi connectivity index (χ1n) is 23.0. The maximum Gasteiger partial charge on any atom is 0.349 e. The number of hydrogen-bond donors (Lipinski definition) is 4. The van der Waals surface area contributed by atoms with Crippen molar-refractivity contribution in [2.45, 2.75) is 126 Å². The lowest BCUT2D eigenvalue weighted by Gasteiger charge is -2.27. The Labute approximate surface area is 390 Å². The fraction of sp³-hybridized carbons (Fsp3) is 0.480. The molecule has 5 aliphatic rings. The van der Waals surface area contributed by atoms with Crippen LogP contribution in [0.2, 0.25) is 0 Å². The number of aliphatic hydroxyl groups is 2. The van der Waals surface area contributed by atoms with Crippen molar-refractivity contribution in [1.82, 2.24) is 9.55 Å². The number of benzene rings is 2. The third-order valence-electron chi connectivity index (χ3n) is 14.0. The molecule has 2 aromatic carbocycles. The van der Waals surface area contributed by atoms with Crippen molar-refractivity contribution >= 4 is 50.5 Å². The summed E-state index contributed by atoms with van der Waals surface area (Å²) in [7, 11) is -4.02. The molecule has 2 fully saturated rings. The molecule has 0 spiro atoms. The van der Waals surface area contributed by atoms with E-state index in [1.807, 2.05) is 12.1 Å². The SMILES string of the molecule is CC1(C)C(/C=C/C2=C(Cl)C(=C/C=C3/N(CCCCS(=O)(=O)O)c4ccccc4C3(C)C)/CCC2)=[N+](CCCCCC(=O)Nc2ccn(C3C4OC(CO)C(O)C43F)c(=O)n2)c2ccccc21. The molecule has 8 rings (SSSR count). The molecule has 352 valence electrons. The number of hydrogen-bond acceptors (Lipinski definition) is 9. The first-order chi connectivity index (χ1) is 31.4. The van der Waals surface area contributed by atoms with Gasteiger partial charge in [0.2, 0.25) is 11.6 Å². The zero-order chi connectivity index (χ0) is 47.2. The highest BCUT2D eigenvalue weighted by Crippen LogP contribution is 2.61. The van der Waals surface area contributed by atoms with Gasteiger partial charge in [-0.15, -0.1) is 0 Å². The number of para-hydroxylation sites is 2. The first-order valence-corrected chi connectivity index (χ1v) is 24.9. The summed E-state index contributed by atoms with van der Waals surface area (Å²) in [6.07, 6.45) is 12.4. The van der Waals surface area contributed by atoms with Gasteiger partial charge in [0.25, 0.3) is 10.1 Å². The fourth-order valence-corrected chi connectivity index (χ4v) is 11.3. The van der Waals surface area contributed by atoms with Gasteiger partial charge < -0.3 is 25.2 Å². The van der Waals surface area contributed by atoms with E-state index in [0.717, 1.165) is 82.2 Å². The Morgan fingerprint density at radius 1 is 0.985 bits per heavy atom. The van der Waals surface area contributed by atoms with Crippen LogP contribution in [0.15, 0.2) is 112 Å². The minimum absolute atomic E-state index is 0.0590. The normalized spacial score (nSPS) is 26.4. The average Bonchev–Trinajstić information content (AvgIpc) is 3.56. The van der Waals surface area contributed by atoms with Crippen LogP contribution in [-0.2, 0) is 30.5 Å². The second-order valence-corrected chi connectivity index (χ2v) is 21.0. The zero-order valence-electron chi connectivity index (χ0n) is 37.9. The summed E-state index contributed by atoms with van der Waals surface area (Å²) in [5.74, 6) is -0.493. The van der Waals surface area contributed by atoms with Crippen molar-refractivity contribution in [2.24, 2.45) is 0 Å². The van der Waals surface area contributed by atoms with E-state index in [1.54, 1.807) is 0 Å². The van der Waals surface area contributed by atoms with Crippen molar-refractivity contribution in [2.75, 3.05) is 35.7 Å². The van der Waals surface area contributed by atoms with E-state index < -0.39 is 52.4 Å². The Morgan fingerprint density at radius 3 is 2.44 bits per heavy atom. The van der Waals surface area contributed by atoms with Crippen molar-refractivity contribution in [1.29, 1.82) is 0 Å². The number of fused-ring (bicyclic) bond motifs is 3. The zero-order valence-corrected chi connectivity index (χ0v) is 39.5. The number of nitrogens with zero attached hydrogens (tertiary/aromatic N) is 4. The van der Waals surface area contributed by atoms with E-state index >= 15 is 4.39 Å². The molecule has 16 heteroatoms. The highest BCUT2D eigenvalue weighted by molar-refractivity contribution is 7.85. The highest BCUT2D eigenvalue weighted by Gasteiger charge is 2.79. The number of ether oxygens (including phenoxy) is 1. The molecule has 1 amide bonds. The Morgan fingerprint density at radius 2 is 1.73 bits per heavy atom. The van der Waals surface area contributed by atoms with Gasteiger partial charge in [-0.1, -0.05) is 74.0 Å². The van der Waals surface area contributed by atoms with Gasteiger partial charge in [0, 0.05) is 65.1 Å². The molecule has 13 nitrogen and oxygen atoms in total. The summed E-state index contributed by atoms with van der Waals surface area (Å²) < 4.78 is 56.2. The van der Waals surface area contributed by atoms with Crippen LogP contribution in [-0.4, -0.2) is 98.4 Å². The van der Waals surface area contributed by atoms with Crippen LogP contribution in [0.1, 0.15) is 103 Å². The molecular formula is C50H60ClFN5O8S+. The van der Waals surface area contributed by atoms with Gasteiger partial charge in [-0.25, -0.2) is 9.18 Å².